The molecule has 0 radical (unpaired) electrons. The fraction of sp³-hybridized carbons (Fsp3) is 0.167. The van der Waals surface area contributed by atoms with Crippen molar-refractivity contribution in [2.75, 3.05) is 11.1 Å². The van der Waals surface area contributed by atoms with Gasteiger partial charge in [0.15, 0.2) is 0 Å². The molecule has 1 N–H and O–H groups in total. The summed E-state index contributed by atoms with van der Waals surface area (Å²) < 4.78 is 0. The van der Waals surface area contributed by atoms with Crippen LogP contribution in [0.1, 0.15) is 6.42 Å². The zero-order chi connectivity index (χ0) is 11.4. The van der Waals surface area contributed by atoms with Crippen molar-refractivity contribution >= 4 is 35.1 Å². The molecule has 2 rings (SSSR count). The van der Waals surface area contributed by atoms with E-state index in [2.05, 4.69) is 22.9 Å². The Morgan fingerprint density at radius 2 is 2.19 bits per heavy atom. The molecule has 1 amide bonds. The zero-order valence-corrected chi connectivity index (χ0v) is 9.58. The molecule has 1 aromatic heterocycles. The summed E-state index contributed by atoms with van der Waals surface area (Å²) in [5.74, 6) is 0.513. The smallest absolute Gasteiger partial charge is 0.225 e. The van der Waals surface area contributed by atoms with Gasteiger partial charge in [-0.2, -0.15) is 12.6 Å². The molecule has 0 aliphatic carbocycles. The standard InChI is InChI=1S/C12H12N2OS/c15-12(5-6-16)14-10-7-9-3-1-2-4-11(9)13-8-10/h1-4,7-8,16H,5-6H2,(H,14,15). The lowest BCUT2D eigenvalue weighted by Gasteiger charge is -2.04. The summed E-state index contributed by atoms with van der Waals surface area (Å²) in [6.45, 7) is 0. The van der Waals surface area contributed by atoms with Crippen LogP contribution in [-0.2, 0) is 4.79 Å². The number of para-hydroxylation sites is 1. The Labute approximate surface area is 99.3 Å². The van der Waals surface area contributed by atoms with Gasteiger partial charge in [-0.1, -0.05) is 18.2 Å². The van der Waals surface area contributed by atoms with Crippen LogP contribution in [0.3, 0.4) is 0 Å². The fourth-order valence-corrected chi connectivity index (χ4v) is 1.67. The van der Waals surface area contributed by atoms with Crippen LogP contribution < -0.4 is 5.32 Å². The number of carbonyl (C=O) groups excluding carboxylic acids is 1. The summed E-state index contributed by atoms with van der Waals surface area (Å²) in [6.07, 6.45) is 2.08. The van der Waals surface area contributed by atoms with E-state index in [1.165, 1.54) is 0 Å². The molecule has 0 spiro atoms. The summed E-state index contributed by atoms with van der Waals surface area (Å²) in [5.41, 5.74) is 1.65. The maximum atomic E-state index is 11.4. The topological polar surface area (TPSA) is 42.0 Å². The molecule has 0 saturated heterocycles. The maximum Gasteiger partial charge on any atom is 0.225 e. The van der Waals surface area contributed by atoms with E-state index in [4.69, 9.17) is 0 Å². The van der Waals surface area contributed by atoms with Crippen molar-refractivity contribution < 1.29 is 4.79 Å². The lowest BCUT2D eigenvalue weighted by Crippen LogP contribution is -2.11. The van der Waals surface area contributed by atoms with E-state index in [1.807, 2.05) is 30.3 Å². The number of pyridine rings is 1. The lowest BCUT2D eigenvalue weighted by molar-refractivity contribution is -0.115. The number of hydrogen-bond donors (Lipinski definition) is 2. The molecule has 16 heavy (non-hydrogen) atoms. The maximum absolute atomic E-state index is 11.4. The first-order chi connectivity index (χ1) is 7.79. The second kappa shape index (κ2) is 4.99. The second-order valence-electron chi connectivity index (χ2n) is 3.44. The molecule has 4 heteroatoms. The first kappa shape index (κ1) is 11.0. The summed E-state index contributed by atoms with van der Waals surface area (Å²) in [4.78, 5) is 15.6. The molecular formula is C12H12N2OS. The predicted octanol–water partition coefficient (Wildman–Crippen LogP) is 2.49. The van der Waals surface area contributed by atoms with E-state index in [-0.39, 0.29) is 5.91 Å². The molecule has 0 saturated carbocycles. The van der Waals surface area contributed by atoms with Gasteiger partial charge in [0.1, 0.15) is 0 Å². The second-order valence-corrected chi connectivity index (χ2v) is 3.89. The Hall–Kier alpha value is -1.55. The van der Waals surface area contributed by atoms with Crippen molar-refractivity contribution in [1.29, 1.82) is 0 Å². The Morgan fingerprint density at radius 1 is 1.38 bits per heavy atom. The van der Waals surface area contributed by atoms with E-state index in [1.54, 1.807) is 6.20 Å². The molecule has 0 aliphatic rings. The molecule has 3 nitrogen and oxygen atoms in total. The van der Waals surface area contributed by atoms with Gasteiger partial charge in [0.2, 0.25) is 5.91 Å². The van der Waals surface area contributed by atoms with Crippen LogP contribution >= 0.6 is 12.6 Å². The first-order valence-corrected chi connectivity index (χ1v) is 5.68. The van der Waals surface area contributed by atoms with E-state index in [0.717, 1.165) is 16.6 Å². The molecular weight excluding hydrogens is 220 g/mol. The number of hydrogen-bond acceptors (Lipinski definition) is 3. The number of fused-ring (bicyclic) bond motifs is 1. The third-order valence-corrected chi connectivity index (χ3v) is 2.44. The van der Waals surface area contributed by atoms with Crippen LogP contribution in [0.2, 0.25) is 0 Å². The highest BCUT2D eigenvalue weighted by atomic mass is 32.1. The summed E-state index contributed by atoms with van der Waals surface area (Å²) in [6, 6.07) is 9.71. The van der Waals surface area contributed by atoms with E-state index in [9.17, 15) is 4.79 Å². The van der Waals surface area contributed by atoms with Crippen molar-refractivity contribution in [3.05, 3.63) is 36.5 Å². The van der Waals surface area contributed by atoms with Crippen LogP contribution in [0, 0.1) is 0 Å². The van der Waals surface area contributed by atoms with Crippen LogP contribution in [-0.4, -0.2) is 16.6 Å². The fourth-order valence-electron chi connectivity index (χ4n) is 1.46. The van der Waals surface area contributed by atoms with Gasteiger partial charge in [-0.05, 0) is 17.9 Å². The highest BCUT2D eigenvalue weighted by Crippen LogP contribution is 2.15. The number of amides is 1. The van der Waals surface area contributed by atoms with Gasteiger partial charge in [0, 0.05) is 11.8 Å². The predicted molar refractivity (Wildman–Crippen MR) is 68.8 cm³/mol. The van der Waals surface area contributed by atoms with Gasteiger partial charge < -0.3 is 5.32 Å². The van der Waals surface area contributed by atoms with Crippen LogP contribution in [0.4, 0.5) is 5.69 Å². The number of thiol groups is 1. The van der Waals surface area contributed by atoms with Gasteiger partial charge in [0.05, 0.1) is 17.4 Å². The molecule has 0 bridgehead atoms. The minimum absolute atomic E-state index is 0.0351. The third kappa shape index (κ3) is 2.52. The highest BCUT2D eigenvalue weighted by Gasteiger charge is 2.02. The molecule has 1 heterocycles. The minimum atomic E-state index is -0.0351. The van der Waals surface area contributed by atoms with Crippen molar-refractivity contribution in [1.82, 2.24) is 4.98 Å². The van der Waals surface area contributed by atoms with Crippen molar-refractivity contribution in [3.8, 4) is 0 Å². The van der Waals surface area contributed by atoms with Gasteiger partial charge in [-0.15, -0.1) is 0 Å². The number of carbonyl (C=O) groups is 1. The Bertz CT molecular complexity index is 513. The number of benzene rings is 1. The summed E-state index contributed by atoms with van der Waals surface area (Å²) >= 11 is 4.01. The molecule has 1 aromatic carbocycles. The average molecular weight is 232 g/mol. The Kier molecular flexibility index (Phi) is 3.41. The number of anilines is 1. The van der Waals surface area contributed by atoms with Crippen LogP contribution in [0.25, 0.3) is 10.9 Å². The monoisotopic (exact) mass is 232 g/mol. The molecule has 2 aromatic rings. The van der Waals surface area contributed by atoms with E-state index in [0.29, 0.717) is 12.2 Å². The van der Waals surface area contributed by atoms with Crippen molar-refractivity contribution in [2.24, 2.45) is 0 Å². The van der Waals surface area contributed by atoms with Gasteiger partial charge in [0.25, 0.3) is 0 Å². The van der Waals surface area contributed by atoms with Gasteiger partial charge in [-0.25, -0.2) is 0 Å². The molecule has 0 unspecified atom stereocenters. The van der Waals surface area contributed by atoms with Gasteiger partial charge >= 0.3 is 0 Å². The SMILES string of the molecule is O=C(CCS)Nc1cnc2ccccc2c1. The van der Waals surface area contributed by atoms with Crippen molar-refractivity contribution in [2.45, 2.75) is 6.42 Å². The van der Waals surface area contributed by atoms with E-state index >= 15 is 0 Å². The normalized spacial score (nSPS) is 10.3. The van der Waals surface area contributed by atoms with Crippen LogP contribution in [0.5, 0.6) is 0 Å². The minimum Gasteiger partial charge on any atom is -0.325 e. The number of nitrogens with zero attached hydrogens (tertiary/aromatic N) is 1. The summed E-state index contributed by atoms with van der Waals surface area (Å²) in [7, 11) is 0. The largest absolute Gasteiger partial charge is 0.325 e. The quantitative estimate of drug-likeness (QED) is 0.798. The van der Waals surface area contributed by atoms with Crippen molar-refractivity contribution in [3.63, 3.8) is 0 Å². The lowest BCUT2D eigenvalue weighted by atomic mass is 10.2. The molecule has 0 aliphatic heterocycles. The number of nitrogens with one attached hydrogen (secondary N) is 1. The summed E-state index contributed by atoms with van der Waals surface area (Å²) in [5, 5.41) is 3.80. The first-order valence-electron chi connectivity index (χ1n) is 5.05. The number of rotatable bonds is 3. The van der Waals surface area contributed by atoms with Crippen LogP contribution in [0.15, 0.2) is 36.5 Å². The average Bonchev–Trinajstić information content (AvgIpc) is 2.29. The Morgan fingerprint density at radius 3 is 3.00 bits per heavy atom. The van der Waals surface area contributed by atoms with Gasteiger partial charge in [-0.3, -0.25) is 9.78 Å². The molecule has 0 atom stereocenters. The zero-order valence-electron chi connectivity index (χ0n) is 8.68. The number of aromatic nitrogens is 1. The molecule has 82 valence electrons. The molecule has 0 fully saturated rings. The Balaban J connectivity index is 2.22. The third-order valence-electron chi connectivity index (χ3n) is 2.21. The van der Waals surface area contributed by atoms with E-state index < -0.39 is 0 Å². The highest BCUT2D eigenvalue weighted by molar-refractivity contribution is 7.80.